The van der Waals surface area contributed by atoms with E-state index in [9.17, 15) is 27.6 Å². The monoisotopic (exact) mass is 486 g/mol. The zero-order valence-electron chi connectivity index (χ0n) is 18.6. The first kappa shape index (κ1) is 26.2. The average molecular weight is 487 g/mol. The van der Waals surface area contributed by atoms with Gasteiger partial charge >= 0.3 is 23.8 Å². The van der Waals surface area contributed by atoms with Gasteiger partial charge in [0.05, 0.1) is 13.7 Å². The number of esters is 2. The summed E-state index contributed by atoms with van der Waals surface area (Å²) in [5.41, 5.74) is -2.78. The van der Waals surface area contributed by atoms with Gasteiger partial charge in [0.15, 0.2) is 0 Å². The number of halogens is 3. The lowest BCUT2D eigenvalue weighted by Gasteiger charge is -2.34. The molecule has 11 heteroatoms. The molecule has 1 aromatic heterocycles. The Hall–Kier alpha value is -3.08. The summed E-state index contributed by atoms with van der Waals surface area (Å²) in [4.78, 5) is 37.9. The van der Waals surface area contributed by atoms with Gasteiger partial charge in [-0.3, -0.25) is 4.79 Å². The molecule has 0 saturated heterocycles. The Kier molecular flexibility index (Phi) is 8.48. The quantitative estimate of drug-likeness (QED) is 0.400. The second-order valence-electron chi connectivity index (χ2n) is 6.81. The van der Waals surface area contributed by atoms with E-state index >= 15 is 0 Å². The van der Waals surface area contributed by atoms with E-state index in [1.165, 1.54) is 6.92 Å². The van der Waals surface area contributed by atoms with Crippen LogP contribution in [0.5, 0.6) is 0 Å². The summed E-state index contributed by atoms with van der Waals surface area (Å²) < 4.78 is 52.4. The first-order chi connectivity index (χ1) is 15.6. The van der Waals surface area contributed by atoms with E-state index in [2.05, 4.69) is 10.1 Å². The fraction of sp³-hybridized carbons (Fsp3) is 0.409. The number of benzene rings is 1. The molecule has 0 aliphatic carbocycles. The van der Waals surface area contributed by atoms with Crippen LogP contribution >= 0.6 is 11.3 Å². The molecule has 1 amide bonds. The summed E-state index contributed by atoms with van der Waals surface area (Å²) in [5.74, 6) is -3.68. The smallest absolute Gasteiger partial charge is 0.441 e. The van der Waals surface area contributed by atoms with Crippen molar-refractivity contribution in [1.82, 2.24) is 5.32 Å². The van der Waals surface area contributed by atoms with E-state index in [1.54, 1.807) is 49.5 Å². The molecule has 0 saturated carbocycles. The second kappa shape index (κ2) is 10.7. The molecule has 1 heterocycles. The first-order valence-electron chi connectivity index (χ1n) is 10.2. The number of carbonyl (C=O) groups is 3. The van der Waals surface area contributed by atoms with Crippen molar-refractivity contribution in [2.45, 2.75) is 45.5 Å². The molecule has 2 aromatic rings. The predicted molar refractivity (Wildman–Crippen MR) is 118 cm³/mol. The molecule has 7 nitrogen and oxygen atoms in total. The number of methoxy groups -OCH3 is 1. The minimum Gasteiger partial charge on any atom is -0.466 e. The minimum absolute atomic E-state index is 0.0161. The summed E-state index contributed by atoms with van der Waals surface area (Å²) in [7, 11) is 0.774. The maximum atomic E-state index is 14.3. The number of hydrogen-bond acceptors (Lipinski definition) is 7. The number of aryl methyl sites for hydroxylation is 1. The van der Waals surface area contributed by atoms with E-state index in [-0.39, 0.29) is 23.6 Å². The van der Waals surface area contributed by atoms with Crippen molar-refractivity contribution < 1.29 is 37.0 Å². The minimum atomic E-state index is -5.31. The summed E-state index contributed by atoms with van der Waals surface area (Å²) >= 11 is 0.870. The first-order valence-corrected chi connectivity index (χ1v) is 11.0. The molecule has 0 aliphatic rings. The van der Waals surface area contributed by atoms with Crippen LogP contribution < -0.4 is 10.6 Å². The van der Waals surface area contributed by atoms with Crippen molar-refractivity contribution in [3.05, 3.63) is 40.8 Å². The lowest BCUT2D eigenvalue weighted by molar-refractivity contribution is -0.206. The third-order valence-corrected chi connectivity index (χ3v) is 5.96. The zero-order chi connectivity index (χ0) is 24.8. The van der Waals surface area contributed by atoms with Crippen molar-refractivity contribution >= 4 is 34.2 Å². The van der Waals surface area contributed by atoms with Gasteiger partial charge in [-0.2, -0.15) is 13.2 Å². The fourth-order valence-electron chi connectivity index (χ4n) is 3.14. The molecule has 2 N–H and O–H groups in total. The van der Waals surface area contributed by atoms with Gasteiger partial charge in [0.25, 0.3) is 0 Å². The van der Waals surface area contributed by atoms with Crippen molar-refractivity contribution in [3.8, 4) is 11.1 Å². The largest absolute Gasteiger partial charge is 0.466 e. The molecule has 0 spiro atoms. The van der Waals surface area contributed by atoms with Crippen LogP contribution in [0.4, 0.5) is 18.2 Å². The van der Waals surface area contributed by atoms with Crippen LogP contribution in [-0.4, -0.2) is 43.4 Å². The van der Waals surface area contributed by atoms with Crippen LogP contribution in [-0.2, 0) is 25.5 Å². The number of hydrogen-bond donors (Lipinski definition) is 2. The summed E-state index contributed by atoms with van der Waals surface area (Å²) in [6.07, 6.45) is -5.23. The van der Waals surface area contributed by atoms with Gasteiger partial charge in [-0.25, -0.2) is 9.59 Å². The molecule has 1 atom stereocenters. The Morgan fingerprint density at radius 3 is 2.18 bits per heavy atom. The number of ether oxygens (including phenoxy) is 2. The van der Waals surface area contributed by atoms with E-state index in [0.717, 1.165) is 18.4 Å². The second-order valence-corrected chi connectivity index (χ2v) is 7.92. The average Bonchev–Trinajstić information content (AvgIpc) is 3.15. The Labute approximate surface area is 193 Å². The third-order valence-electron chi connectivity index (χ3n) is 4.71. The molecule has 0 unspecified atom stereocenters. The van der Waals surface area contributed by atoms with Gasteiger partial charge in [-0.15, -0.1) is 11.3 Å². The highest BCUT2D eigenvalue weighted by atomic mass is 32.1. The van der Waals surface area contributed by atoms with Crippen LogP contribution in [0, 0.1) is 0 Å². The van der Waals surface area contributed by atoms with Crippen molar-refractivity contribution in [3.63, 3.8) is 0 Å². The summed E-state index contributed by atoms with van der Waals surface area (Å²) in [5, 5.41) is 3.54. The van der Waals surface area contributed by atoms with Crippen molar-refractivity contribution in [2.75, 3.05) is 19.0 Å². The van der Waals surface area contributed by atoms with Crippen molar-refractivity contribution in [2.24, 2.45) is 0 Å². The number of thiophene rings is 1. The van der Waals surface area contributed by atoms with Gasteiger partial charge in [0.2, 0.25) is 5.91 Å². The molecule has 33 heavy (non-hydrogen) atoms. The van der Waals surface area contributed by atoms with Crippen LogP contribution in [0.15, 0.2) is 30.3 Å². The Morgan fingerprint density at radius 2 is 1.70 bits per heavy atom. The Balaban J connectivity index is 2.82. The van der Waals surface area contributed by atoms with E-state index < -0.39 is 29.7 Å². The van der Waals surface area contributed by atoms with Gasteiger partial charge in [-0.1, -0.05) is 44.2 Å². The van der Waals surface area contributed by atoms with Crippen LogP contribution in [0.1, 0.15) is 42.4 Å². The highest BCUT2D eigenvalue weighted by Crippen LogP contribution is 2.44. The maximum absolute atomic E-state index is 14.3. The van der Waals surface area contributed by atoms with Gasteiger partial charge in [-0.05, 0) is 18.9 Å². The van der Waals surface area contributed by atoms with E-state index in [0.29, 0.717) is 22.4 Å². The molecular formula is C22H25F3N2O5S. The summed E-state index contributed by atoms with van der Waals surface area (Å²) in [6, 6.07) is 8.64. The highest BCUT2D eigenvalue weighted by molar-refractivity contribution is 7.17. The van der Waals surface area contributed by atoms with E-state index in [1.807, 2.05) is 0 Å². The molecule has 0 fully saturated rings. The van der Waals surface area contributed by atoms with Crippen molar-refractivity contribution in [1.29, 1.82) is 0 Å². The molecule has 1 aromatic carbocycles. The maximum Gasteiger partial charge on any atom is 0.441 e. The number of anilines is 1. The molecule has 0 aliphatic heterocycles. The van der Waals surface area contributed by atoms with Crippen LogP contribution in [0.25, 0.3) is 11.1 Å². The topological polar surface area (TPSA) is 93.7 Å². The van der Waals surface area contributed by atoms with Gasteiger partial charge in [0.1, 0.15) is 10.6 Å². The van der Waals surface area contributed by atoms with Crippen LogP contribution in [0.3, 0.4) is 0 Å². The van der Waals surface area contributed by atoms with Crippen LogP contribution in [0.2, 0.25) is 0 Å². The van der Waals surface area contributed by atoms with E-state index in [4.69, 9.17) is 4.74 Å². The molecule has 2 rings (SSSR count). The predicted octanol–water partition coefficient (Wildman–Crippen LogP) is 4.52. The SMILES string of the molecule is CCOC(=O)c1c(N[C@@](NC(=O)CC)(C(=O)OC)C(F)(F)F)sc(CC)c1-c1ccccc1. The number of carbonyl (C=O) groups excluding carboxylic acids is 3. The summed E-state index contributed by atoms with van der Waals surface area (Å²) in [6.45, 7) is 4.67. The molecular weight excluding hydrogens is 461 g/mol. The van der Waals surface area contributed by atoms with Gasteiger partial charge in [0, 0.05) is 16.9 Å². The Morgan fingerprint density at radius 1 is 1.06 bits per heavy atom. The molecule has 180 valence electrons. The third kappa shape index (κ3) is 5.29. The zero-order valence-corrected chi connectivity index (χ0v) is 19.4. The normalized spacial score (nSPS) is 13.1. The fourth-order valence-corrected chi connectivity index (χ4v) is 4.34. The molecule has 0 radical (unpaired) electrons. The lowest BCUT2D eigenvalue weighted by atomic mass is 9.99. The lowest BCUT2D eigenvalue weighted by Crippen LogP contribution is -2.69. The molecule has 0 bridgehead atoms. The number of alkyl halides is 3. The standard InChI is InChI=1S/C22H25F3N2O5S/c1-5-14-16(13-11-9-8-10-12-13)17(19(29)32-7-3)18(33-14)27-21(20(30)31-4,22(23,24)25)26-15(28)6-2/h8-12,27H,5-7H2,1-4H3,(H,26,28)/t21-/m0/s1. The van der Waals surface area contributed by atoms with Gasteiger partial charge < -0.3 is 20.1 Å². The number of nitrogens with one attached hydrogen (secondary N) is 2. The highest BCUT2D eigenvalue weighted by Gasteiger charge is 2.64. The Bertz CT molecular complexity index is 1010. The number of rotatable bonds is 9. The number of amides is 1.